The van der Waals surface area contributed by atoms with Crippen molar-refractivity contribution in [3.8, 4) is 0 Å². The van der Waals surface area contributed by atoms with E-state index >= 15 is 0 Å². The number of carbonyl (C=O) groups is 3. The van der Waals surface area contributed by atoms with E-state index in [-0.39, 0.29) is 5.92 Å². The van der Waals surface area contributed by atoms with Gasteiger partial charge in [0.05, 0.1) is 18.2 Å². The highest BCUT2D eigenvalue weighted by Crippen LogP contribution is 2.29. The summed E-state index contributed by atoms with van der Waals surface area (Å²) in [5.74, 6) is -7.51. The Kier molecular flexibility index (Phi) is 6.00. The third-order valence-electron chi connectivity index (χ3n) is 4.18. The topological polar surface area (TPSA) is 95.5 Å². The molecule has 2 rings (SSSR count). The zero-order chi connectivity index (χ0) is 18.6. The second-order valence-electron chi connectivity index (χ2n) is 5.88. The first-order chi connectivity index (χ1) is 11.8. The molecule has 0 aliphatic heterocycles. The normalized spacial score (nSPS) is 20.0. The van der Waals surface area contributed by atoms with Gasteiger partial charge in [-0.05, 0) is 37.8 Å². The first-order valence-electron chi connectivity index (χ1n) is 7.73. The van der Waals surface area contributed by atoms with E-state index in [4.69, 9.17) is 5.11 Å². The fourth-order valence-electron chi connectivity index (χ4n) is 2.73. The lowest BCUT2D eigenvalue weighted by Crippen LogP contribution is -2.38. The Morgan fingerprint density at radius 3 is 2.20 bits per heavy atom. The van der Waals surface area contributed by atoms with Crippen molar-refractivity contribution in [2.24, 2.45) is 11.8 Å². The highest BCUT2D eigenvalue weighted by molar-refractivity contribution is 5.94. The van der Waals surface area contributed by atoms with Crippen LogP contribution in [0.5, 0.6) is 0 Å². The van der Waals surface area contributed by atoms with E-state index in [2.05, 4.69) is 5.32 Å². The van der Waals surface area contributed by atoms with Crippen molar-refractivity contribution >= 4 is 23.5 Å². The first-order valence-corrected chi connectivity index (χ1v) is 7.73. The van der Waals surface area contributed by atoms with Crippen molar-refractivity contribution in [1.29, 1.82) is 0 Å². The van der Waals surface area contributed by atoms with Gasteiger partial charge in [-0.3, -0.25) is 14.4 Å². The van der Waals surface area contributed by atoms with Crippen LogP contribution in [-0.4, -0.2) is 29.4 Å². The summed E-state index contributed by atoms with van der Waals surface area (Å²) in [5.41, 5.74) is -0.528. The number of carboxylic acid groups (broad SMARTS) is 1. The lowest BCUT2D eigenvalue weighted by Gasteiger charge is -2.25. The number of nitrogens with one attached hydrogen (secondary N) is 2. The van der Waals surface area contributed by atoms with E-state index < -0.39 is 53.4 Å². The number of amides is 2. The molecule has 2 amide bonds. The van der Waals surface area contributed by atoms with Crippen LogP contribution in [0.25, 0.3) is 0 Å². The van der Waals surface area contributed by atoms with Gasteiger partial charge in [-0.15, -0.1) is 0 Å². The number of rotatable bonds is 5. The number of halogens is 3. The van der Waals surface area contributed by atoms with E-state index in [1.54, 1.807) is 0 Å². The summed E-state index contributed by atoms with van der Waals surface area (Å²) in [4.78, 5) is 34.5. The Bertz CT molecular complexity index is 688. The Morgan fingerprint density at radius 1 is 1.00 bits per heavy atom. The average molecular weight is 358 g/mol. The average Bonchev–Trinajstić information content (AvgIpc) is 2.60. The SMILES string of the molecule is O=C(CNC(=O)C1CCC(C(=O)O)CC1)Nc1ccc(F)c(F)c1F. The molecule has 0 spiro atoms. The zero-order valence-electron chi connectivity index (χ0n) is 13.2. The van der Waals surface area contributed by atoms with E-state index in [1.807, 2.05) is 5.32 Å². The molecule has 0 unspecified atom stereocenters. The maximum atomic E-state index is 13.4. The van der Waals surface area contributed by atoms with Gasteiger partial charge in [0.15, 0.2) is 17.5 Å². The smallest absolute Gasteiger partial charge is 0.306 e. The lowest BCUT2D eigenvalue weighted by molar-refractivity contribution is -0.144. The van der Waals surface area contributed by atoms with Crippen LogP contribution in [0.2, 0.25) is 0 Å². The summed E-state index contributed by atoms with van der Waals surface area (Å²) in [5, 5.41) is 13.3. The highest BCUT2D eigenvalue weighted by Gasteiger charge is 2.29. The van der Waals surface area contributed by atoms with Gasteiger partial charge in [0.25, 0.3) is 0 Å². The van der Waals surface area contributed by atoms with E-state index in [1.165, 1.54) is 0 Å². The molecular weight excluding hydrogens is 341 g/mol. The number of carboxylic acids is 1. The number of carbonyl (C=O) groups excluding carboxylic acids is 2. The second kappa shape index (κ2) is 8.00. The number of hydrogen-bond donors (Lipinski definition) is 3. The summed E-state index contributed by atoms with van der Waals surface area (Å²) in [6.07, 6.45) is 1.59. The van der Waals surface area contributed by atoms with Crippen molar-refractivity contribution in [3.63, 3.8) is 0 Å². The predicted molar refractivity (Wildman–Crippen MR) is 81.0 cm³/mol. The Balaban J connectivity index is 1.81. The molecule has 0 aromatic heterocycles. The van der Waals surface area contributed by atoms with Gasteiger partial charge in [0.1, 0.15) is 0 Å². The monoisotopic (exact) mass is 358 g/mol. The van der Waals surface area contributed by atoms with Crippen molar-refractivity contribution in [3.05, 3.63) is 29.6 Å². The molecule has 1 aromatic rings. The third-order valence-corrected chi connectivity index (χ3v) is 4.18. The molecule has 0 heterocycles. The number of benzene rings is 1. The van der Waals surface area contributed by atoms with Crippen LogP contribution in [0, 0.1) is 29.3 Å². The molecule has 9 heteroatoms. The molecule has 1 aromatic carbocycles. The maximum Gasteiger partial charge on any atom is 0.306 e. The molecule has 1 aliphatic carbocycles. The van der Waals surface area contributed by atoms with E-state index in [0.29, 0.717) is 31.7 Å². The standard InChI is InChI=1S/C16H17F3N2O4/c17-10-5-6-11(14(19)13(10)18)21-12(22)7-20-15(23)8-1-3-9(4-2-8)16(24)25/h5-6,8-9H,1-4,7H2,(H,20,23)(H,21,22)(H,24,25). The first kappa shape index (κ1) is 18.8. The largest absolute Gasteiger partial charge is 0.481 e. The van der Waals surface area contributed by atoms with Crippen LogP contribution >= 0.6 is 0 Å². The molecule has 1 fully saturated rings. The zero-order valence-corrected chi connectivity index (χ0v) is 13.2. The van der Waals surface area contributed by atoms with Gasteiger partial charge >= 0.3 is 5.97 Å². The van der Waals surface area contributed by atoms with Crippen LogP contribution in [0.15, 0.2) is 12.1 Å². The van der Waals surface area contributed by atoms with Crippen LogP contribution < -0.4 is 10.6 Å². The molecule has 0 bridgehead atoms. The Morgan fingerprint density at radius 2 is 1.60 bits per heavy atom. The Labute approximate surface area is 141 Å². The van der Waals surface area contributed by atoms with Gasteiger partial charge in [-0.1, -0.05) is 0 Å². The fraction of sp³-hybridized carbons (Fsp3) is 0.438. The number of hydrogen-bond acceptors (Lipinski definition) is 3. The highest BCUT2D eigenvalue weighted by atomic mass is 19.2. The minimum absolute atomic E-state index is 0.386. The van der Waals surface area contributed by atoms with Crippen molar-refractivity contribution in [2.75, 3.05) is 11.9 Å². The second-order valence-corrected chi connectivity index (χ2v) is 5.88. The van der Waals surface area contributed by atoms with E-state index in [0.717, 1.165) is 6.07 Å². The number of aliphatic carboxylic acids is 1. The molecule has 0 saturated heterocycles. The summed E-state index contributed by atoms with van der Waals surface area (Å²) < 4.78 is 39.3. The summed E-state index contributed by atoms with van der Waals surface area (Å²) in [6.45, 7) is -0.462. The molecule has 1 aliphatic rings. The fourth-order valence-corrected chi connectivity index (χ4v) is 2.73. The third kappa shape index (κ3) is 4.71. The van der Waals surface area contributed by atoms with Crippen molar-refractivity contribution in [2.45, 2.75) is 25.7 Å². The van der Waals surface area contributed by atoms with Crippen LogP contribution in [0.3, 0.4) is 0 Å². The minimum atomic E-state index is -1.70. The van der Waals surface area contributed by atoms with Gasteiger partial charge < -0.3 is 15.7 Å². The molecule has 6 nitrogen and oxygen atoms in total. The molecule has 0 radical (unpaired) electrons. The summed E-state index contributed by atoms with van der Waals surface area (Å²) in [7, 11) is 0. The van der Waals surface area contributed by atoms with Gasteiger partial charge in [0, 0.05) is 5.92 Å². The van der Waals surface area contributed by atoms with Gasteiger partial charge in [-0.2, -0.15) is 0 Å². The van der Waals surface area contributed by atoms with Gasteiger partial charge in [-0.25, -0.2) is 13.2 Å². The van der Waals surface area contributed by atoms with Crippen LogP contribution in [0.4, 0.5) is 18.9 Å². The summed E-state index contributed by atoms with van der Waals surface area (Å²) >= 11 is 0. The molecule has 25 heavy (non-hydrogen) atoms. The molecule has 1 saturated carbocycles. The van der Waals surface area contributed by atoms with Crippen LogP contribution in [-0.2, 0) is 14.4 Å². The molecule has 3 N–H and O–H groups in total. The number of anilines is 1. The van der Waals surface area contributed by atoms with Crippen molar-refractivity contribution in [1.82, 2.24) is 5.32 Å². The maximum absolute atomic E-state index is 13.4. The van der Waals surface area contributed by atoms with E-state index in [9.17, 15) is 27.6 Å². The van der Waals surface area contributed by atoms with Gasteiger partial charge in [0.2, 0.25) is 11.8 Å². The van der Waals surface area contributed by atoms with Crippen LogP contribution in [0.1, 0.15) is 25.7 Å². The molecule has 0 atom stereocenters. The molecular formula is C16H17F3N2O4. The minimum Gasteiger partial charge on any atom is -0.481 e. The Hall–Kier alpha value is -2.58. The quantitative estimate of drug-likeness (QED) is 0.702. The van der Waals surface area contributed by atoms with Crippen molar-refractivity contribution < 1.29 is 32.7 Å². The molecule has 136 valence electrons. The summed E-state index contributed by atoms with van der Waals surface area (Å²) in [6, 6.07) is 1.55. The predicted octanol–water partition coefficient (Wildman–Crippen LogP) is 2.05. The lowest BCUT2D eigenvalue weighted by atomic mass is 9.81.